The van der Waals surface area contributed by atoms with Crippen LogP contribution in [0.3, 0.4) is 0 Å². The van der Waals surface area contributed by atoms with Crippen molar-refractivity contribution in [3.8, 4) is 0 Å². The molecule has 3 aliphatic rings. The van der Waals surface area contributed by atoms with Crippen LogP contribution >= 0.6 is 0 Å². The average molecular weight is 248 g/mol. The maximum atomic E-state index is 10.7. The van der Waals surface area contributed by atoms with Gasteiger partial charge in [0.2, 0.25) is 0 Å². The molecule has 3 fully saturated rings. The third kappa shape index (κ3) is 1.06. The second-order valence-corrected chi connectivity index (χ2v) is 7.91. The second kappa shape index (κ2) is 3.42. The predicted octanol–water partition coefficient (Wildman–Crippen LogP) is 4.17. The molecule has 0 saturated heterocycles. The molecule has 0 unspecified atom stereocenters. The molecular weight excluding hydrogens is 220 g/mol. The summed E-state index contributed by atoms with van der Waals surface area (Å²) in [7, 11) is 0. The summed E-state index contributed by atoms with van der Waals surface area (Å²) in [5.41, 5.74) is 1.98. The highest BCUT2D eigenvalue weighted by Crippen LogP contribution is 2.79. The Morgan fingerprint density at radius 2 is 1.94 bits per heavy atom. The van der Waals surface area contributed by atoms with E-state index in [-0.39, 0.29) is 11.5 Å². The van der Waals surface area contributed by atoms with Crippen molar-refractivity contribution in [3.05, 3.63) is 12.2 Å². The molecule has 0 heterocycles. The van der Waals surface area contributed by atoms with E-state index >= 15 is 0 Å². The Balaban J connectivity index is 2.13. The zero-order chi connectivity index (χ0) is 13.3. The van der Waals surface area contributed by atoms with Crippen LogP contribution in [0.4, 0.5) is 0 Å². The zero-order valence-corrected chi connectivity index (χ0v) is 12.4. The van der Waals surface area contributed by atoms with E-state index in [4.69, 9.17) is 0 Å². The molecule has 1 N–H and O–H groups in total. The highest BCUT2D eigenvalue weighted by atomic mass is 16.3. The van der Waals surface area contributed by atoms with Crippen molar-refractivity contribution in [1.29, 1.82) is 0 Å². The highest BCUT2D eigenvalue weighted by Gasteiger charge is 2.74. The van der Waals surface area contributed by atoms with Gasteiger partial charge in [-0.1, -0.05) is 39.8 Å². The van der Waals surface area contributed by atoms with Crippen molar-refractivity contribution in [1.82, 2.24) is 0 Å². The molecule has 3 rings (SSSR count). The molecule has 0 aromatic carbocycles. The number of rotatable bonds is 1. The van der Waals surface area contributed by atoms with Crippen LogP contribution in [0.5, 0.6) is 0 Å². The van der Waals surface area contributed by atoms with Crippen LogP contribution in [0.15, 0.2) is 12.2 Å². The summed E-state index contributed by atoms with van der Waals surface area (Å²) in [5.74, 6) is 1.51. The van der Waals surface area contributed by atoms with E-state index in [2.05, 4.69) is 34.3 Å². The Morgan fingerprint density at radius 3 is 2.56 bits per heavy atom. The number of aliphatic hydroxyl groups is 1. The molecule has 0 bridgehead atoms. The van der Waals surface area contributed by atoms with Gasteiger partial charge in [0.05, 0.1) is 6.10 Å². The molecule has 1 heteroatoms. The van der Waals surface area contributed by atoms with Gasteiger partial charge in [-0.15, -0.1) is 0 Å². The Bertz CT molecular complexity index is 398. The molecule has 18 heavy (non-hydrogen) atoms. The molecule has 102 valence electrons. The normalized spacial score (nSPS) is 55.1. The largest absolute Gasteiger partial charge is 0.392 e. The van der Waals surface area contributed by atoms with E-state index in [1.54, 1.807) is 0 Å². The first-order valence-corrected chi connectivity index (χ1v) is 7.66. The first-order chi connectivity index (χ1) is 8.29. The van der Waals surface area contributed by atoms with Crippen molar-refractivity contribution < 1.29 is 5.11 Å². The van der Waals surface area contributed by atoms with Crippen LogP contribution < -0.4 is 0 Å². The number of aliphatic hydroxyl groups excluding tert-OH is 1. The fourth-order valence-electron chi connectivity index (χ4n) is 6.42. The summed E-state index contributed by atoms with van der Waals surface area (Å²) in [6.45, 7) is 13.8. The minimum atomic E-state index is -0.168. The summed E-state index contributed by atoms with van der Waals surface area (Å²) in [6.07, 6.45) is 5.88. The fraction of sp³-hybridized carbons (Fsp3) is 0.882. The zero-order valence-electron chi connectivity index (χ0n) is 12.4. The van der Waals surface area contributed by atoms with E-state index in [1.807, 2.05) is 0 Å². The van der Waals surface area contributed by atoms with E-state index in [0.29, 0.717) is 10.8 Å². The lowest BCUT2D eigenvalue weighted by Gasteiger charge is -2.46. The molecule has 0 aromatic rings. The Kier molecular flexibility index (Phi) is 2.42. The minimum absolute atomic E-state index is 0.00854. The number of hydrogen-bond acceptors (Lipinski definition) is 1. The van der Waals surface area contributed by atoms with E-state index in [0.717, 1.165) is 24.7 Å². The SMILES string of the molecule is C=C1CC[C@]23CC[C@H](C(C)C)[C@@]2(C)C[C@H](O)[C@]13C. The van der Waals surface area contributed by atoms with Crippen molar-refractivity contribution in [2.75, 3.05) is 0 Å². The summed E-state index contributed by atoms with van der Waals surface area (Å²) in [5, 5.41) is 10.7. The predicted molar refractivity (Wildman–Crippen MR) is 75.2 cm³/mol. The van der Waals surface area contributed by atoms with Gasteiger partial charge < -0.3 is 5.11 Å². The van der Waals surface area contributed by atoms with Gasteiger partial charge in [0.1, 0.15) is 0 Å². The molecule has 5 atom stereocenters. The van der Waals surface area contributed by atoms with E-state index in [1.165, 1.54) is 24.8 Å². The molecular formula is C17H28O. The Morgan fingerprint density at radius 1 is 1.28 bits per heavy atom. The van der Waals surface area contributed by atoms with Gasteiger partial charge in [0.25, 0.3) is 0 Å². The molecule has 0 amide bonds. The fourth-order valence-corrected chi connectivity index (χ4v) is 6.42. The maximum Gasteiger partial charge on any atom is 0.0641 e. The molecule has 0 radical (unpaired) electrons. The smallest absolute Gasteiger partial charge is 0.0641 e. The molecule has 1 nitrogen and oxygen atoms in total. The Hall–Kier alpha value is -0.300. The third-order valence-corrected chi connectivity index (χ3v) is 7.46. The van der Waals surface area contributed by atoms with Crippen LogP contribution in [-0.2, 0) is 0 Å². The Labute approximate surface area is 112 Å². The van der Waals surface area contributed by atoms with Crippen molar-refractivity contribution >= 4 is 0 Å². The van der Waals surface area contributed by atoms with Crippen molar-refractivity contribution in [2.24, 2.45) is 28.1 Å². The van der Waals surface area contributed by atoms with Crippen LogP contribution in [0.25, 0.3) is 0 Å². The first-order valence-electron chi connectivity index (χ1n) is 7.66. The van der Waals surface area contributed by atoms with Crippen molar-refractivity contribution in [2.45, 2.75) is 65.9 Å². The quantitative estimate of drug-likeness (QED) is 0.691. The van der Waals surface area contributed by atoms with Gasteiger partial charge in [-0.05, 0) is 54.8 Å². The van der Waals surface area contributed by atoms with Gasteiger partial charge in [0, 0.05) is 5.41 Å². The lowest BCUT2D eigenvalue weighted by molar-refractivity contribution is 0.00553. The standard InChI is InChI=1S/C17H28O/c1-11(2)13-7-9-17-8-6-12(3)16(17,5)14(18)10-15(13,17)4/h11,13-14,18H,3,6-10H2,1-2,4-5H3/t13-,14+,15-,16+,17+/m1/s1. The summed E-state index contributed by atoms with van der Waals surface area (Å²) in [6, 6.07) is 0. The first kappa shape index (κ1) is 12.7. The van der Waals surface area contributed by atoms with Crippen LogP contribution in [0.2, 0.25) is 0 Å². The van der Waals surface area contributed by atoms with E-state index in [9.17, 15) is 5.11 Å². The van der Waals surface area contributed by atoms with Crippen LogP contribution in [0.1, 0.15) is 59.8 Å². The maximum absolute atomic E-state index is 10.7. The second-order valence-electron chi connectivity index (χ2n) is 7.91. The lowest BCUT2D eigenvalue weighted by Crippen LogP contribution is -2.42. The molecule has 0 aromatic heterocycles. The lowest BCUT2D eigenvalue weighted by atomic mass is 9.57. The third-order valence-electron chi connectivity index (χ3n) is 7.46. The van der Waals surface area contributed by atoms with Crippen molar-refractivity contribution in [3.63, 3.8) is 0 Å². The van der Waals surface area contributed by atoms with E-state index < -0.39 is 0 Å². The van der Waals surface area contributed by atoms with Crippen LogP contribution in [-0.4, -0.2) is 11.2 Å². The minimum Gasteiger partial charge on any atom is -0.392 e. The summed E-state index contributed by atoms with van der Waals surface area (Å²) >= 11 is 0. The summed E-state index contributed by atoms with van der Waals surface area (Å²) in [4.78, 5) is 0. The van der Waals surface area contributed by atoms with Crippen LogP contribution in [0, 0.1) is 28.1 Å². The molecule has 0 aliphatic heterocycles. The molecule has 3 saturated carbocycles. The van der Waals surface area contributed by atoms with Gasteiger partial charge >= 0.3 is 0 Å². The topological polar surface area (TPSA) is 20.2 Å². The van der Waals surface area contributed by atoms with Gasteiger partial charge in [-0.2, -0.15) is 0 Å². The summed E-state index contributed by atoms with van der Waals surface area (Å²) < 4.78 is 0. The molecule has 3 aliphatic carbocycles. The average Bonchev–Trinajstić information content (AvgIpc) is 2.76. The number of hydrogen-bond donors (Lipinski definition) is 1. The van der Waals surface area contributed by atoms with Gasteiger partial charge in [-0.3, -0.25) is 0 Å². The van der Waals surface area contributed by atoms with Gasteiger partial charge in [0.15, 0.2) is 0 Å². The highest BCUT2D eigenvalue weighted by molar-refractivity contribution is 5.34. The monoisotopic (exact) mass is 248 g/mol. The van der Waals surface area contributed by atoms with Gasteiger partial charge in [-0.25, -0.2) is 0 Å². The molecule has 1 spiro atoms.